The summed E-state index contributed by atoms with van der Waals surface area (Å²) in [6.07, 6.45) is 9.74. The van der Waals surface area contributed by atoms with Crippen LogP contribution in [0.3, 0.4) is 0 Å². The number of rotatable bonds is 11. The van der Waals surface area contributed by atoms with E-state index in [4.69, 9.17) is 4.74 Å². The number of unbranched alkanes of at least 4 members (excludes halogenated alkanes) is 3. The minimum atomic E-state index is -0.0538. The second-order valence-corrected chi connectivity index (χ2v) is 7.54. The number of nitrogens with zero attached hydrogens (tertiary/aromatic N) is 4. The van der Waals surface area contributed by atoms with Gasteiger partial charge in [-0.05, 0) is 43.7 Å². The number of aryl methyl sites for hydroxylation is 1. The second kappa shape index (κ2) is 10.3. The first-order valence-corrected chi connectivity index (χ1v) is 10.4. The van der Waals surface area contributed by atoms with E-state index in [1.807, 2.05) is 23.6 Å². The molecule has 7 nitrogen and oxygen atoms in total. The fraction of sp³-hybridized carbons (Fsp3) is 0.619. The van der Waals surface area contributed by atoms with Gasteiger partial charge in [0.05, 0.1) is 6.10 Å². The van der Waals surface area contributed by atoms with E-state index in [0.717, 1.165) is 49.9 Å². The number of amides is 1. The Labute approximate surface area is 166 Å². The quantitative estimate of drug-likeness (QED) is 0.590. The molecule has 2 heterocycles. The zero-order chi connectivity index (χ0) is 19.8. The van der Waals surface area contributed by atoms with Crippen LogP contribution < -0.4 is 5.32 Å². The predicted octanol–water partition coefficient (Wildman–Crippen LogP) is 4.06. The number of aromatic nitrogens is 4. The van der Waals surface area contributed by atoms with Gasteiger partial charge < -0.3 is 14.6 Å². The Bertz CT molecular complexity index is 761. The van der Waals surface area contributed by atoms with Crippen LogP contribution in [0.1, 0.15) is 58.8 Å². The van der Waals surface area contributed by atoms with E-state index in [9.17, 15) is 4.79 Å². The molecular weight excluding hydrogens is 354 g/mol. The van der Waals surface area contributed by atoms with Crippen molar-refractivity contribution in [3.63, 3.8) is 0 Å². The zero-order valence-electron chi connectivity index (χ0n) is 16.9. The van der Waals surface area contributed by atoms with Crippen molar-refractivity contribution in [3.05, 3.63) is 24.5 Å². The Kier molecular flexibility index (Phi) is 7.54. The molecule has 0 aliphatic heterocycles. The SMILES string of the molecule is CCC(=O)Nc1cccc(-c2nncn2CCCCCCOC2CC[C@@H]2C)n1. The zero-order valence-corrected chi connectivity index (χ0v) is 16.9. The molecule has 2 atom stereocenters. The summed E-state index contributed by atoms with van der Waals surface area (Å²) in [6, 6.07) is 5.54. The maximum atomic E-state index is 11.6. The van der Waals surface area contributed by atoms with Crippen molar-refractivity contribution in [3.8, 4) is 11.5 Å². The van der Waals surface area contributed by atoms with Crippen LogP contribution in [0.4, 0.5) is 5.82 Å². The van der Waals surface area contributed by atoms with Gasteiger partial charge in [0.15, 0.2) is 5.82 Å². The molecule has 1 amide bonds. The Morgan fingerprint density at radius 2 is 2.11 bits per heavy atom. The molecule has 28 heavy (non-hydrogen) atoms. The molecule has 0 spiro atoms. The molecule has 1 saturated carbocycles. The highest BCUT2D eigenvalue weighted by Gasteiger charge is 2.26. The van der Waals surface area contributed by atoms with Gasteiger partial charge in [0, 0.05) is 19.6 Å². The molecule has 0 aromatic carbocycles. The minimum Gasteiger partial charge on any atom is -0.378 e. The van der Waals surface area contributed by atoms with Crippen LogP contribution in [-0.2, 0) is 16.1 Å². The van der Waals surface area contributed by atoms with E-state index in [2.05, 4.69) is 27.4 Å². The molecule has 1 fully saturated rings. The Balaban J connectivity index is 1.42. The van der Waals surface area contributed by atoms with Crippen LogP contribution in [0, 0.1) is 5.92 Å². The molecule has 0 saturated heterocycles. The lowest BCUT2D eigenvalue weighted by atomic mass is 9.83. The molecular formula is C21H31N5O2. The van der Waals surface area contributed by atoms with Gasteiger partial charge in [-0.3, -0.25) is 4.79 Å². The standard InChI is InChI=1S/C21H31N5O2/c1-3-20(27)24-19-10-8-9-17(23-19)21-25-22-15-26(21)13-6-4-5-7-14-28-18-12-11-16(18)2/h8-10,15-16,18H,3-7,11-14H2,1-2H3,(H,23,24,27)/t16-,18?/m0/s1. The van der Waals surface area contributed by atoms with E-state index in [0.29, 0.717) is 18.3 Å². The highest BCUT2D eigenvalue weighted by atomic mass is 16.5. The summed E-state index contributed by atoms with van der Waals surface area (Å²) in [5, 5.41) is 11.0. The van der Waals surface area contributed by atoms with Crippen LogP contribution in [0.15, 0.2) is 24.5 Å². The summed E-state index contributed by atoms with van der Waals surface area (Å²) in [7, 11) is 0. The van der Waals surface area contributed by atoms with Gasteiger partial charge in [-0.25, -0.2) is 4.98 Å². The third-order valence-corrected chi connectivity index (χ3v) is 5.35. The molecule has 1 aliphatic rings. The van der Waals surface area contributed by atoms with Crippen LogP contribution >= 0.6 is 0 Å². The van der Waals surface area contributed by atoms with E-state index in [1.54, 1.807) is 12.4 Å². The molecule has 2 aromatic rings. The molecule has 0 bridgehead atoms. The van der Waals surface area contributed by atoms with Crippen molar-refractivity contribution < 1.29 is 9.53 Å². The Morgan fingerprint density at radius 3 is 2.86 bits per heavy atom. The van der Waals surface area contributed by atoms with Crippen LogP contribution in [0.25, 0.3) is 11.5 Å². The topological polar surface area (TPSA) is 81.9 Å². The number of carbonyl (C=O) groups excluding carboxylic acids is 1. The average Bonchev–Trinajstić information content (AvgIpc) is 3.17. The third kappa shape index (κ3) is 5.61. The summed E-state index contributed by atoms with van der Waals surface area (Å²) in [6.45, 7) is 5.83. The van der Waals surface area contributed by atoms with Crippen molar-refractivity contribution in [2.75, 3.05) is 11.9 Å². The molecule has 1 N–H and O–H groups in total. The van der Waals surface area contributed by atoms with E-state index in [-0.39, 0.29) is 5.91 Å². The molecule has 152 valence electrons. The molecule has 1 aliphatic carbocycles. The predicted molar refractivity (Wildman–Crippen MR) is 109 cm³/mol. The van der Waals surface area contributed by atoms with Gasteiger partial charge in [0.2, 0.25) is 5.91 Å². The normalized spacial score (nSPS) is 18.6. The molecule has 3 rings (SSSR count). The fourth-order valence-corrected chi connectivity index (χ4v) is 3.33. The van der Waals surface area contributed by atoms with Crippen molar-refractivity contribution in [1.29, 1.82) is 0 Å². The minimum absolute atomic E-state index is 0.0538. The molecule has 2 aromatic heterocycles. The number of carbonyl (C=O) groups is 1. The number of hydrogen-bond acceptors (Lipinski definition) is 5. The van der Waals surface area contributed by atoms with Crippen LogP contribution in [-0.4, -0.2) is 38.4 Å². The van der Waals surface area contributed by atoms with E-state index in [1.165, 1.54) is 19.3 Å². The maximum Gasteiger partial charge on any atom is 0.225 e. The van der Waals surface area contributed by atoms with Gasteiger partial charge >= 0.3 is 0 Å². The highest BCUT2D eigenvalue weighted by Crippen LogP contribution is 2.29. The van der Waals surface area contributed by atoms with Gasteiger partial charge in [-0.2, -0.15) is 0 Å². The number of ether oxygens (including phenoxy) is 1. The highest BCUT2D eigenvalue weighted by molar-refractivity contribution is 5.89. The Hall–Kier alpha value is -2.28. The van der Waals surface area contributed by atoms with Crippen LogP contribution in [0.2, 0.25) is 0 Å². The Morgan fingerprint density at radius 1 is 1.25 bits per heavy atom. The van der Waals surface area contributed by atoms with Gasteiger partial charge in [-0.15, -0.1) is 10.2 Å². The summed E-state index contributed by atoms with van der Waals surface area (Å²) in [4.78, 5) is 16.1. The summed E-state index contributed by atoms with van der Waals surface area (Å²) in [5.74, 6) is 1.96. The number of nitrogens with one attached hydrogen (secondary N) is 1. The molecule has 1 unspecified atom stereocenters. The average molecular weight is 386 g/mol. The van der Waals surface area contributed by atoms with Crippen molar-refractivity contribution in [2.45, 2.75) is 71.4 Å². The smallest absolute Gasteiger partial charge is 0.225 e. The second-order valence-electron chi connectivity index (χ2n) is 7.54. The lowest BCUT2D eigenvalue weighted by molar-refractivity contribution is -0.115. The summed E-state index contributed by atoms with van der Waals surface area (Å²) in [5.41, 5.74) is 0.717. The number of hydrogen-bond donors (Lipinski definition) is 1. The van der Waals surface area contributed by atoms with Crippen molar-refractivity contribution in [1.82, 2.24) is 19.7 Å². The van der Waals surface area contributed by atoms with Crippen LogP contribution in [0.5, 0.6) is 0 Å². The monoisotopic (exact) mass is 385 g/mol. The van der Waals surface area contributed by atoms with Gasteiger partial charge in [0.25, 0.3) is 0 Å². The lowest BCUT2D eigenvalue weighted by Gasteiger charge is -2.33. The first kappa shape index (κ1) is 20.5. The first-order chi connectivity index (χ1) is 13.7. The molecule has 7 heteroatoms. The first-order valence-electron chi connectivity index (χ1n) is 10.4. The van der Waals surface area contributed by atoms with Gasteiger partial charge in [-0.1, -0.05) is 32.8 Å². The number of anilines is 1. The maximum absolute atomic E-state index is 11.6. The third-order valence-electron chi connectivity index (χ3n) is 5.35. The van der Waals surface area contributed by atoms with Crippen molar-refractivity contribution >= 4 is 11.7 Å². The lowest BCUT2D eigenvalue weighted by Crippen LogP contribution is -2.32. The number of pyridine rings is 1. The van der Waals surface area contributed by atoms with E-state index < -0.39 is 0 Å². The van der Waals surface area contributed by atoms with Gasteiger partial charge in [0.1, 0.15) is 17.8 Å². The van der Waals surface area contributed by atoms with E-state index >= 15 is 0 Å². The summed E-state index contributed by atoms with van der Waals surface area (Å²) < 4.78 is 7.93. The summed E-state index contributed by atoms with van der Waals surface area (Å²) >= 11 is 0. The largest absolute Gasteiger partial charge is 0.378 e. The fourth-order valence-electron chi connectivity index (χ4n) is 3.33. The molecule has 0 radical (unpaired) electrons. The van der Waals surface area contributed by atoms with Crippen molar-refractivity contribution in [2.24, 2.45) is 5.92 Å².